The van der Waals surface area contributed by atoms with E-state index in [0.29, 0.717) is 18.9 Å². The predicted octanol–water partition coefficient (Wildman–Crippen LogP) is 3.18. The van der Waals surface area contributed by atoms with Gasteiger partial charge in [0, 0.05) is 10.9 Å². The predicted molar refractivity (Wildman–Crippen MR) is 82.8 cm³/mol. The monoisotopic (exact) mass is 326 g/mol. The Morgan fingerprint density at radius 1 is 1.37 bits per heavy atom. The zero-order chi connectivity index (χ0) is 14.5. The standard InChI is InChI=1S/C15H23BrN2O/c1-11(10-17)4-9-14(19)18-15(2,3)12-5-7-13(16)8-6-12/h5-8,11H,4,9-10,17H2,1-3H3,(H,18,19). The molecular weight excluding hydrogens is 304 g/mol. The Bertz CT molecular complexity index is 415. The van der Waals surface area contributed by atoms with Crippen molar-refractivity contribution < 1.29 is 4.79 Å². The fourth-order valence-electron chi connectivity index (χ4n) is 1.85. The topological polar surface area (TPSA) is 55.1 Å². The van der Waals surface area contributed by atoms with E-state index in [1.807, 2.05) is 38.1 Å². The molecular formula is C15H23BrN2O. The van der Waals surface area contributed by atoms with Gasteiger partial charge in [-0.15, -0.1) is 0 Å². The molecule has 1 atom stereocenters. The molecule has 0 saturated carbocycles. The summed E-state index contributed by atoms with van der Waals surface area (Å²) in [5.41, 5.74) is 6.29. The smallest absolute Gasteiger partial charge is 0.220 e. The number of benzene rings is 1. The van der Waals surface area contributed by atoms with Crippen molar-refractivity contribution in [3.05, 3.63) is 34.3 Å². The number of halogens is 1. The van der Waals surface area contributed by atoms with Crippen molar-refractivity contribution in [3.8, 4) is 0 Å². The van der Waals surface area contributed by atoms with Crippen molar-refractivity contribution in [1.29, 1.82) is 0 Å². The molecule has 0 radical (unpaired) electrons. The van der Waals surface area contributed by atoms with E-state index < -0.39 is 0 Å². The molecule has 0 aliphatic heterocycles. The molecule has 0 bridgehead atoms. The highest BCUT2D eigenvalue weighted by atomic mass is 79.9. The molecule has 4 heteroatoms. The lowest BCUT2D eigenvalue weighted by atomic mass is 9.94. The molecule has 3 N–H and O–H groups in total. The Balaban J connectivity index is 2.58. The van der Waals surface area contributed by atoms with E-state index in [-0.39, 0.29) is 11.4 Å². The third-order valence-electron chi connectivity index (χ3n) is 3.28. The normalized spacial score (nSPS) is 13.1. The van der Waals surface area contributed by atoms with Crippen LogP contribution in [0.15, 0.2) is 28.7 Å². The first-order valence-electron chi connectivity index (χ1n) is 6.62. The fourth-order valence-corrected chi connectivity index (χ4v) is 2.11. The van der Waals surface area contributed by atoms with Crippen LogP contribution in [0, 0.1) is 5.92 Å². The summed E-state index contributed by atoms with van der Waals surface area (Å²) < 4.78 is 1.04. The summed E-state index contributed by atoms with van der Waals surface area (Å²) in [7, 11) is 0. The second-order valence-electron chi connectivity index (χ2n) is 5.56. The van der Waals surface area contributed by atoms with Gasteiger partial charge in [0.2, 0.25) is 5.91 Å². The van der Waals surface area contributed by atoms with Gasteiger partial charge in [0.15, 0.2) is 0 Å². The van der Waals surface area contributed by atoms with Crippen molar-refractivity contribution in [2.45, 2.75) is 39.2 Å². The second kappa shape index (κ2) is 7.06. The van der Waals surface area contributed by atoms with Crippen LogP contribution in [0.4, 0.5) is 0 Å². The molecule has 1 unspecified atom stereocenters. The van der Waals surface area contributed by atoms with Crippen LogP contribution in [0.2, 0.25) is 0 Å². The first-order valence-corrected chi connectivity index (χ1v) is 7.41. The zero-order valence-electron chi connectivity index (χ0n) is 11.9. The number of carbonyl (C=O) groups is 1. The van der Waals surface area contributed by atoms with Gasteiger partial charge in [-0.3, -0.25) is 4.79 Å². The quantitative estimate of drug-likeness (QED) is 0.843. The molecule has 0 aromatic heterocycles. The van der Waals surface area contributed by atoms with E-state index in [2.05, 4.69) is 28.2 Å². The van der Waals surface area contributed by atoms with Crippen LogP contribution in [0.3, 0.4) is 0 Å². The molecule has 0 heterocycles. The maximum atomic E-state index is 12.0. The molecule has 3 nitrogen and oxygen atoms in total. The van der Waals surface area contributed by atoms with Gasteiger partial charge >= 0.3 is 0 Å². The molecule has 19 heavy (non-hydrogen) atoms. The van der Waals surface area contributed by atoms with Crippen molar-refractivity contribution in [2.75, 3.05) is 6.54 Å². The van der Waals surface area contributed by atoms with Gasteiger partial charge in [0.1, 0.15) is 0 Å². The number of carbonyl (C=O) groups excluding carboxylic acids is 1. The molecule has 106 valence electrons. The number of nitrogens with one attached hydrogen (secondary N) is 1. The summed E-state index contributed by atoms with van der Waals surface area (Å²) in [6, 6.07) is 8.01. The van der Waals surface area contributed by atoms with Gasteiger partial charge in [-0.1, -0.05) is 35.0 Å². The third kappa shape index (κ3) is 5.33. The summed E-state index contributed by atoms with van der Waals surface area (Å²) in [6.07, 6.45) is 1.36. The lowest BCUT2D eigenvalue weighted by molar-refractivity contribution is -0.123. The molecule has 0 spiro atoms. The third-order valence-corrected chi connectivity index (χ3v) is 3.81. The lowest BCUT2D eigenvalue weighted by Crippen LogP contribution is -2.41. The van der Waals surface area contributed by atoms with Crippen LogP contribution in [-0.2, 0) is 10.3 Å². The van der Waals surface area contributed by atoms with Gasteiger partial charge in [0.05, 0.1) is 5.54 Å². The van der Waals surface area contributed by atoms with Gasteiger partial charge in [-0.05, 0) is 50.4 Å². The minimum absolute atomic E-state index is 0.0771. The fraction of sp³-hybridized carbons (Fsp3) is 0.533. The Kier molecular flexibility index (Phi) is 6.01. The Morgan fingerprint density at radius 3 is 2.47 bits per heavy atom. The van der Waals surface area contributed by atoms with Crippen LogP contribution in [0.25, 0.3) is 0 Å². The number of nitrogens with two attached hydrogens (primary N) is 1. The van der Waals surface area contributed by atoms with E-state index in [1.54, 1.807) is 0 Å². The van der Waals surface area contributed by atoms with Gasteiger partial charge < -0.3 is 11.1 Å². The van der Waals surface area contributed by atoms with E-state index in [4.69, 9.17) is 5.73 Å². The van der Waals surface area contributed by atoms with E-state index in [1.165, 1.54) is 0 Å². The van der Waals surface area contributed by atoms with E-state index in [9.17, 15) is 4.79 Å². The lowest BCUT2D eigenvalue weighted by Gasteiger charge is -2.27. The summed E-state index contributed by atoms with van der Waals surface area (Å²) in [5.74, 6) is 0.467. The molecule has 0 aliphatic rings. The second-order valence-corrected chi connectivity index (χ2v) is 6.48. The average molecular weight is 327 g/mol. The molecule has 1 aromatic rings. The van der Waals surface area contributed by atoms with Crippen molar-refractivity contribution in [1.82, 2.24) is 5.32 Å². The van der Waals surface area contributed by atoms with Crippen LogP contribution in [-0.4, -0.2) is 12.5 Å². The molecule has 1 rings (SSSR count). The number of amides is 1. The highest BCUT2D eigenvalue weighted by Gasteiger charge is 2.22. The number of rotatable bonds is 6. The largest absolute Gasteiger partial charge is 0.347 e. The summed E-state index contributed by atoms with van der Waals surface area (Å²) in [6.45, 7) is 6.72. The molecule has 0 saturated heterocycles. The molecule has 1 aromatic carbocycles. The summed E-state index contributed by atoms with van der Waals surface area (Å²) in [4.78, 5) is 12.0. The summed E-state index contributed by atoms with van der Waals surface area (Å²) >= 11 is 3.41. The Morgan fingerprint density at radius 2 is 1.95 bits per heavy atom. The van der Waals surface area contributed by atoms with Crippen molar-refractivity contribution >= 4 is 21.8 Å². The highest BCUT2D eigenvalue weighted by molar-refractivity contribution is 9.10. The molecule has 1 amide bonds. The van der Waals surface area contributed by atoms with Gasteiger partial charge in [-0.2, -0.15) is 0 Å². The van der Waals surface area contributed by atoms with E-state index >= 15 is 0 Å². The maximum Gasteiger partial charge on any atom is 0.220 e. The Labute approximate surface area is 124 Å². The highest BCUT2D eigenvalue weighted by Crippen LogP contribution is 2.22. The average Bonchev–Trinajstić information content (AvgIpc) is 2.36. The Hall–Kier alpha value is -0.870. The molecule has 0 aliphatic carbocycles. The number of hydrogen-bond acceptors (Lipinski definition) is 2. The van der Waals surface area contributed by atoms with Crippen LogP contribution < -0.4 is 11.1 Å². The zero-order valence-corrected chi connectivity index (χ0v) is 13.5. The first-order chi connectivity index (χ1) is 8.85. The first kappa shape index (κ1) is 16.2. The SMILES string of the molecule is CC(CN)CCC(=O)NC(C)(C)c1ccc(Br)cc1. The van der Waals surface area contributed by atoms with Crippen LogP contribution in [0.5, 0.6) is 0 Å². The summed E-state index contributed by atoms with van der Waals surface area (Å²) in [5, 5.41) is 3.08. The minimum atomic E-state index is -0.357. The number of hydrogen-bond donors (Lipinski definition) is 2. The molecule has 0 fully saturated rings. The van der Waals surface area contributed by atoms with Crippen molar-refractivity contribution in [3.63, 3.8) is 0 Å². The van der Waals surface area contributed by atoms with Crippen LogP contribution in [0.1, 0.15) is 39.2 Å². The minimum Gasteiger partial charge on any atom is -0.347 e. The van der Waals surface area contributed by atoms with Crippen molar-refractivity contribution in [2.24, 2.45) is 11.7 Å². The van der Waals surface area contributed by atoms with E-state index in [0.717, 1.165) is 16.5 Å². The van der Waals surface area contributed by atoms with Crippen LogP contribution >= 0.6 is 15.9 Å². The van der Waals surface area contributed by atoms with Gasteiger partial charge in [-0.25, -0.2) is 0 Å². The van der Waals surface area contributed by atoms with Gasteiger partial charge in [0.25, 0.3) is 0 Å². The maximum absolute atomic E-state index is 12.0.